The second kappa shape index (κ2) is 4.01. The zero-order valence-electron chi connectivity index (χ0n) is 8.74. The van der Waals surface area contributed by atoms with E-state index in [1.807, 2.05) is 12.1 Å². The standard InChI is InChI=1S/C12H18N2/c1-2-14-8-7-11(9-14)10-3-5-12(13)6-4-10/h3-6,11H,2,7-9,13H2,1H3. The van der Waals surface area contributed by atoms with Crippen LogP contribution >= 0.6 is 0 Å². The molecule has 1 aliphatic heterocycles. The lowest BCUT2D eigenvalue weighted by atomic mass is 9.98. The molecule has 1 fully saturated rings. The Hall–Kier alpha value is -1.02. The zero-order chi connectivity index (χ0) is 9.97. The first-order valence-corrected chi connectivity index (χ1v) is 5.37. The highest BCUT2D eigenvalue weighted by atomic mass is 15.1. The third-order valence-corrected chi connectivity index (χ3v) is 3.13. The summed E-state index contributed by atoms with van der Waals surface area (Å²) in [5.41, 5.74) is 7.97. The van der Waals surface area contributed by atoms with E-state index in [4.69, 9.17) is 5.73 Å². The quantitative estimate of drug-likeness (QED) is 0.723. The number of nitrogen functional groups attached to an aromatic ring is 1. The molecule has 1 aliphatic rings. The van der Waals surface area contributed by atoms with Crippen LogP contribution in [0.3, 0.4) is 0 Å². The number of likely N-dealkylation sites (N-methyl/N-ethyl adjacent to an activating group) is 1. The van der Waals surface area contributed by atoms with Crippen LogP contribution in [-0.2, 0) is 0 Å². The Labute approximate surface area is 85.7 Å². The van der Waals surface area contributed by atoms with Crippen LogP contribution in [0.1, 0.15) is 24.8 Å². The minimum Gasteiger partial charge on any atom is -0.399 e. The molecule has 2 rings (SSSR count). The van der Waals surface area contributed by atoms with Crippen LogP contribution in [-0.4, -0.2) is 24.5 Å². The van der Waals surface area contributed by atoms with E-state index in [1.165, 1.54) is 31.6 Å². The SMILES string of the molecule is CCN1CCC(c2ccc(N)cc2)C1. The molecule has 1 saturated heterocycles. The summed E-state index contributed by atoms with van der Waals surface area (Å²) in [6.45, 7) is 5.85. The molecule has 1 atom stereocenters. The van der Waals surface area contributed by atoms with Crippen LogP contribution in [0.25, 0.3) is 0 Å². The molecule has 1 aromatic rings. The summed E-state index contributed by atoms with van der Waals surface area (Å²) >= 11 is 0. The van der Waals surface area contributed by atoms with Crippen LogP contribution in [0.15, 0.2) is 24.3 Å². The molecule has 0 aliphatic carbocycles. The number of hydrogen-bond acceptors (Lipinski definition) is 2. The van der Waals surface area contributed by atoms with Crippen LogP contribution in [0.2, 0.25) is 0 Å². The smallest absolute Gasteiger partial charge is 0.0314 e. The number of hydrogen-bond donors (Lipinski definition) is 1. The van der Waals surface area contributed by atoms with Gasteiger partial charge in [-0.2, -0.15) is 0 Å². The molecule has 1 aromatic carbocycles. The molecular weight excluding hydrogens is 172 g/mol. The van der Waals surface area contributed by atoms with E-state index >= 15 is 0 Å². The van der Waals surface area contributed by atoms with E-state index in [-0.39, 0.29) is 0 Å². The van der Waals surface area contributed by atoms with Crippen molar-refractivity contribution in [1.29, 1.82) is 0 Å². The summed E-state index contributed by atoms with van der Waals surface area (Å²) in [4.78, 5) is 2.50. The van der Waals surface area contributed by atoms with Crippen molar-refractivity contribution in [2.24, 2.45) is 0 Å². The maximum atomic E-state index is 5.67. The highest BCUT2D eigenvalue weighted by molar-refractivity contribution is 5.40. The first kappa shape index (κ1) is 9.53. The molecule has 1 heterocycles. The molecular formula is C12H18N2. The summed E-state index contributed by atoms with van der Waals surface area (Å²) < 4.78 is 0. The van der Waals surface area contributed by atoms with E-state index in [2.05, 4.69) is 24.0 Å². The average Bonchev–Trinajstić information content (AvgIpc) is 2.67. The van der Waals surface area contributed by atoms with Crippen molar-refractivity contribution >= 4 is 5.69 Å². The lowest BCUT2D eigenvalue weighted by Gasteiger charge is -2.13. The van der Waals surface area contributed by atoms with Crippen molar-refractivity contribution in [2.45, 2.75) is 19.3 Å². The van der Waals surface area contributed by atoms with Crippen molar-refractivity contribution < 1.29 is 0 Å². The fourth-order valence-electron chi connectivity index (χ4n) is 2.16. The predicted octanol–water partition coefficient (Wildman–Crippen LogP) is 2.08. The number of rotatable bonds is 2. The van der Waals surface area contributed by atoms with Gasteiger partial charge in [-0.05, 0) is 43.1 Å². The van der Waals surface area contributed by atoms with Crippen molar-refractivity contribution in [1.82, 2.24) is 4.90 Å². The van der Waals surface area contributed by atoms with Gasteiger partial charge in [-0.1, -0.05) is 19.1 Å². The van der Waals surface area contributed by atoms with Crippen molar-refractivity contribution in [3.8, 4) is 0 Å². The zero-order valence-corrected chi connectivity index (χ0v) is 8.74. The molecule has 14 heavy (non-hydrogen) atoms. The van der Waals surface area contributed by atoms with E-state index < -0.39 is 0 Å². The fourth-order valence-corrected chi connectivity index (χ4v) is 2.16. The first-order valence-electron chi connectivity index (χ1n) is 5.37. The number of likely N-dealkylation sites (tertiary alicyclic amines) is 1. The van der Waals surface area contributed by atoms with Gasteiger partial charge in [-0.3, -0.25) is 0 Å². The minimum absolute atomic E-state index is 0.718. The predicted molar refractivity (Wildman–Crippen MR) is 60.3 cm³/mol. The monoisotopic (exact) mass is 190 g/mol. The second-order valence-electron chi connectivity index (χ2n) is 4.05. The molecule has 0 radical (unpaired) electrons. The lowest BCUT2D eigenvalue weighted by Crippen LogP contribution is -2.19. The molecule has 1 unspecified atom stereocenters. The van der Waals surface area contributed by atoms with Crippen LogP contribution in [0, 0.1) is 0 Å². The average molecular weight is 190 g/mol. The number of benzene rings is 1. The molecule has 2 heteroatoms. The summed E-state index contributed by atoms with van der Waals surface area (Å²) in [7, 11) is 0. The van der Waals surface area contributed by atoms with Crippen LogP contribution in [0.5, 0.6) is 0 Å². The van der Waals surface area contributed by atoms with E-state index in [9.17, 15) is 0 Å². The summed E-state index contributed by atoms with van der Waals surface area (Å²) in [6, 6.07) is 8.34. The Kier molecular flexibility index (Phi) is 2.73. The van der Waals surface area contributed by atoms with Crippen LogP contribution in [0.4, 0.5) is 5.69 Å². The van der Waals surface area contributed by atoms with E-state index in [0.717, 1.165) is 11.6 Å². The molecule has 0 spiro atoms. The van der Waals surface area contributed by atoms with Gasteiger partial charge in [0.25, 0.3) is 0 Å². The van der Waals surface area contributed by atoms with Gasteiger partial charge >= 0.3 is 0 Å². The van der Waals surface area contributed by atoms with Gasteiger partial charge in [0.2, 0.25) is 0 Å². The van der Waals surface area contributed by atoms with Crippen LogP contribution < -0.4 is 5.73 Å². The lowest BCUT2D eigenvalue weighted by molar-refractivity contribution is 0.354. The summed E-state index contributed by atoms with van der Waals surface area (Å²) in [5.74, 6) is 0.718. The van der Waals surface area contributed by atoms with Gasteiger partial charge < -0.3 is 10.6 Å². The Balaban J connectivity index is 2.06. The van der Waals surface area contributed by atoms with Gasteiger partial charge in [0.1, 0.15) is 0 Å². The Morgan fingerprint density at radius 3 is 2.64 bits per heavy atom. The molecule has 2 N–H and O–H groups in total. The van der Waals surface area contributed by atoms with Crippen molar-refractivity contribution in [2.75, 3.05) is 25.4 Å². The van der Waals surface area contributed by atoms with E-state index in [0.29, 0.717) is 0 Å². The molecule has 76 valence electrons. The minimum atomic E-state index is 0.718. The maximum Gasteiger partial charge on any atom is 0.0314 e. The molecule has 0 bridgehead atoms. The van der Waals surface area contributed by atoms with Gasteiger partial charge in [0, 0.05) is 12.2 Å². The summed E-state index contributed by atoms with van der Waals surface area (Å²) in [5, 5.41) is 0. The number of nitrogens with two attached hydrogens (primary N) is 1. The topological polar surface area (TPSA) is 29.3 Å². The Morgan fingerprint density at radius 2 is 2.07 bits per heavy atom. The number of nitrogens with zero attached hydrogens (tertiary/aromatic N) is 1. The highest BCUT2D eigenvalue weighted by Gasteiger charge is 2.22. The molecule has 0 amide bonds. The highest BCUT2D eigenvalue weighted by Crippen LogP contribution is 2.27. The molecule has 0 saturated carbocycles. The van der Waals surface area contributed by atoms with Gasteiger partial charge in [0.15, 0.2) is 0 Å². The Morgan fingerprint density at radius 1 is 1.36 bits per heavy atom. The van der Waals surface area contributed by atoms with E-state index in [1.54, 1.807) is 0 Å². The Bertz CT molecular complexity index is 292. The summed E-state index contributed by atoms with van der Waals surface area (Å²) in [6.07, 6.45) is 1.29. The van der Waals surface area contributed by atoms with Crippen molar-refractivity contribution in [3.05, 3.63) is 29.8 Å². The van der Waals surface area contributed by atoms with Gasteiger partial charge in [0.05, 0.1) is 0 Å². The molecule has 2 nitrogen and oxygen atoms in total. The van der Waals surface area contributed by atoms with Crippen molar-refractivity contribution in [3.63, 3.8) is 0 Å². The first-order chi connectivity index (χ1) is 6.79. The maximum absolute atomic E-state index is 5.67. The van der Waals surface area contributed by atoms with Gasteiger partial charge in [-0.15, -0.1) is 0 Å². The fraction of sp³-hybridized carbons (Fsp3) is 0.500. The number of anilines is 1. The third-order valence-electron chi connectivity index (χ3n) is 3.13. The van der Waals surface area contributed by atoms with Gasteiger partial charge in [-0.25, -0.2) is 0 Å². The third kappa shape index (κ3) is 1.90. The normalized spacial score (nSPS) is 22.8. The largest absolute Gasteiger partial charge is 0.399 e. The molecule has 0 aromatic heterocycles. The second-order valence-corrected chi connectivity index (χ2v) is 4.05.